The van der Waals surface area contributed by atoms with Crippen LogP contribution in [-0.4, -0.2) is 15.7 Å². The lowest BCUT2D eigenvalue weighted by Crippen LogP contribution is -2.28. The molecule has 0 bridgehead atoms. The summed E-state index contributed by atoms with van der Waals surface area (Å²) < 4.78 is 37.3. The molecule has 0 unspecified atom stereocenters. The van der Waals surface area contributed by atoms with E-state index in [0.717, 1.165) is 0 Å². The van der Waals surface area contributed by atoms with Crippen LogP contribution in [0, 0.1) is 0 Å². The Labute approximate surface area is 67.0 Å². The number of hydrogen-bond donors (Lipinski definition) is 1. The highest BCUT2D eigenvalue weighted by molar-refractivity contribution is 5.04. The Morgan fingerprint density at radius 3 is 2.50 bits per heavy atom. The zero-order valence-electron chi connectivity index (χ0n) is 6.34. The Morgan fingerprint density at radius 2 is 2.17 bits per heavy atom. The first kappa shape index (κ1) is 9.05. The van der Waals surface area contributed by atoms with Crippen LogP contribution in [0.1, 0.15) is 11.7 Å². The van der Waals surface area contributed by atoms with E-state index < -0.39 is 12.2 Å². The van der Waals surface area contributed by atoms with Gasteiger partial charge in [-0.25, -0.2) is 4.98 Å². The minimum absolute atomic E-state index is 0.162. The maximum absolute atomic E-state index is 12.0. The van der Waals surface area contributed by atoms with E-state index in [4.69, 9.17) is 5.73 Å². The molecule has 0 saturated heterocycles. The van der Waals surface area contributed by atoms with Gasteiger partial charge in [-0.05, 0) is 0 Å². The molecule has 0 amide bonds. The van der Waals surface area contributed by atoms with Gasteiger partial charge >= 0.3 is 6.18 Å². The average molecular weight is 179 g/mol. The number of imidazole rings is 1. The number of alkyl halides is 3. The molecule has 0 fully saturated rings. The molecular formula is C6H8F3N3. The van der Waals surface area contributed by atoms with Crippen molar-refractivity contribution < 1.29 is 13.2 Å². The zero-order valence-corrected chi connectivity index (χ0v) is 6.34. The van der Waals surface area contributed by atoms with E-state index in [2.05, 4.69) is 4.98 Å². The molecule has 1 heterocycles. The molecule has 1 aromatic rings. The monoisotopic (exact) mass is 179 g/mol. The Kier molecular flexibility index (Phi) is 2.10. The quantitative estimate of drug-likeness (QED) is 0.698. The van der Waals surface area contributed by atoms with Crippen molar-refractivity contribution in [3.8, 4) is 0 Å². The van der Waals surface area contributed by atoms with Gasteiger partial charge in [0.25, 0.3) is 0 Å². The number of nitrogens with zero attached hydrogens (tertiary/aromatic N) is 2. The van der Waals surface area contributed by atoms with E-state index in [-0.39, 0.29) is 5.69 Å². The molecule has 1 rings (SSSR count). The van der Waals surface area contributed by atoms with Crippen LogP contribution in [0.5, 0.6) is 0 Å². The van der Waals surface area contributed by atoms with Crippen LogP contribution in [0.15, 0.2) is 12.5 Å². The van der Waals surface area contributed by atoms with Crippen molar-refractivity contribution in [2.45, 2.75) is 12.2 Å². The summed E-state index contributed by atoms with van der Waals surface area (Å²) in [5, 5.41) is 0. The first-order chi connectivity index (χ1) is 5.41. The highest BCUT2D eigenvalue weighted by Crippen LogP contribution is 2.28. The second kappa shape index (κ2) is 2.78. The largest absolute Gasteiger partial charge is 0.409 e. The lowest BCUT2D eigenvalue weighted by molar-refractivity contribution is -0.149. The molecule has 68 valence electrons. The third kappa shape index (κ3) is 1.76. The highest BCUT2D eigenvalue weighted by Gasteiger charge is 2.39. The third-order valence-corrected chi connectivity index (χ3v) is 1.40. The van der Waals surface area contributed by atoms with Gasteiger partial charge in [0.2, 0.25) is 0 Å². The minimum Gasteiger partial charge on any atom is -0.340 e. The van der Waals surface area contributed by atoms with Crippen molar-refractivity contribution >= 4 is 0 Å². The van der Waals surface area contributed by atoms with Crippen molar-refractivity contribution in [2.75, 3.05) is 0 Å². The third-order valence-electron chi connectivity index (χ3n) is 1.40. The Morgan fingerprint density at radius 1 is 1.58 bits per heavy atom. The molecule has 1 atom stereocenters. The molecule has 6 heteroatoms. The molecule has 0 saturated carbocycles. The van der Waals surface area contributed by atoms with Gasteiger partial charge in [-0.3, -0.25) is 0 Å². The Bertz CT molecular complexity index is 265. The van der Waals surface area contributed by atoms with Gasteiger partial charge in [0.15, 0.2) is 0 Å². The second-order valence-corrected chi connectivity index (χ2v) is 2.48. The van der Waals surface area contributed by atoms with Gasteiger partial charge in [0, 0.05) is 13.2 Å². The smallest absolute Gasteiger partial charge is 0.340 e. The first-order valence-corrected chi connectivity index (χ1v) is 3.21. The minimum atomic E-state index is -4.42. The van der Waals surface area contributed by atoms with Crippen LogP contribution < -0.4 is 5.73 Å². The summed E-state index contributed by atoms with van der Waals surface area (Å²) in [6, 6.07) is -1.99. The normalized spacial score (nSPS) is 14.8. The lowest BCUT2D eigenvalue weighted by Gasteiger charge is -2.12. The van der Waals surface area contributed by atoms with E-state index in [9.17, 15) is 13.2 Å². The molecule has 0 aliphatic rings. The fourth-order valence-corrected chi connectivity index (χ4v) is 0.761. The zero-order chi connectivity index (χ0) is 9.35. The summed E-state index contributed by atoms with van der Waals surface area (Å²) in [6.07, 6.45) is -1.90. The van der Waals surface area contributed by atoms with Crippen LogP contribution in [0.4, 0.5) is 13.2 Å². The molecule has 1 aromatic heterocycles. The highest BCUT2D eigenvalue weighted by atomic mass is 19.4. The van der Waals surface area contributed by atoms with Gasteiger partial charge in [0.05, 0.1) is 12.0 Å². The summed E-state index contributed by atoms with van der Waals surface area (Å²) in [7, 11) is 1.58. The van der Waals surface area contributed by atoms with Gasteiger partial charge in [-0.1, -0.05) is 0 Å². The van der Waals surface area contributed by atoms with Crippen LogP contribution in [0.3, 0.4) is 0 Å². The van der Waals surface area contributed by atoms with Crippen molar-refractivity contribution in [3.05, 3.63) is 18.2 Å². The van der Waals surface area contributed by atoms with E-state index >= 15 is 0 Å². The number of nitrogens with two attached hydrogens (primary N) is 1. The van der Waals surface area contributed by atoms with Gasteiger partial charge < -0.3 is 10.3 Å². The van der Waals surface area contributed by atoms with Crippen molar-refractivity contribution in [1.29, 1.82) is 0 Å². The predicted molar refractivity (Wildman–Crippen MR) is 36.2 cm³/mol. The fraction of sp³-hybridized carbons (Fsp3) is 0.500. The molecule has 0 aliphatic heterocycles. The standard InChI is InChI=1S/C6H8F3N3/c1-12-2-4(11-3-12)5(10)6(7,8)9/h2-3,5H,10H2,1H3/t5-/m1/s1. The van der Waals surface area contributed by atoms with Gasteiger partial charge in [0.1, 0.15) is 6.04 Å². The Hall–Kier alpha value is -1.04. The SMILES string of the molecule is Cn1cnc([C@@H](N)C(F)(F)F)c1. The van der Waals surface area contributed by atoms with E-state index in [1.807, 2.05) is 0 Å². The molecular weight excluding hydrogens is 171 g/mol. The van der Waals surface area contributed by atoms with Gasteiger partial charge in [-0.2, -0.15) is 13.2 Å². The van der Waals surface area contributed by atoms with Crippen LogP contribution in [0.2, 0.25) is 0 Å². The second-order valence-electron chi connectivity index (χ2n) is 2.48. The van der Waals surface area contributed by atoms with E-state index in [1.165, 1.54) is 17.1 Å². The van der Waals surface area contributed by atoms with Gasteiger partial charge in [-0.15, -0.1) is 0 Å². The number of halogens is 3. The summed E-state index contributed by atoms with van der Waals surface area (Å²) >= 11 is 0. The molecule has 0 aromatic carbocycles. The summed E-state index contributed by atoms with van der Waals surface area (Å²) in [5.74, 6) is 0. The van der Waals surface area contributed by atoms with Crippen molar-refractivity contribution in [3.63, 3.8) is 0 Å². The first-order valence-electron chi connectivity index (χ1n) is 3.21. The van der Waals surface area contributed by atoms with Crippen LogP contribution >= 0.6 is 0 Å². The average Bonchev–Trinajstić information content (AvgIpc) is 2.32. The number of rotatable bonds is 1. The van der Waals surface area contributed by atoms with Crippen molar-refractivity contribution in [1.82, 2.24) is 9.55 Å². The predicted octanol–water partition coefficient (Wildman–Crippen LogP) is 0.982. The molecule has 2 N–H and O–H groups in total. The maximum atomic E-state index is 12.0. The van der Waals surface area contributed by atoms with Crippen LogP contribution in [-0.2, 0) is 7.05 Å². The molecule has 0 spiro atoms. The molecule has 3 nitrogen and oxygen atoms in total. The summed E-state index contributed by atoms with van der Waals surface area (Å²) in [4.78, 5) is 3.50. The van der Waals surface area contributed by atoms with E-state index in [1.54, 1.807) is 7.05 Å². The van der Waals surface area contributed by atoms with E-state index in [0.29, 0.717) is 0 Å². The molecule has 12 heavy (non-hydrogen) atoms. The number of hydrogen-bond acceptors (Lipinski definition) is 2. The molecule has 0 radical (unpaired) electrons. The van der Waals surface area contributed by atoms with Crippen molar-refractivity contribution in [2.24, 2.45) is 12.8 Å². The topological polar surface area (TPSA) is 43.8 Å². The fourth-order valence-electron chi connectivity index (χ4n) is 0.761. The number of aromatic nitrogens is 2. The summed E-state index contributed by atoms with van der Waals surface area (Å²) in [5.41, 5.74) is 4.72. The number of aryl methyl sites for hydroxylation is 1. The maximum Gasteiger partial charge on any atom is 0.409 e. The summed E-state index contributed by atoms with van der Waals surface area (Å²) in [6.45, 7) is 0. The van der Waals surface area contributed by atoms with Crippen LogP contribution in [0.25, 0.3) is 0 Å². The lowest BCUT2D eigenvalue weighted by atomic mass is 10.2. The Balaban J connectivity index is 2.85. The molecule has 0 aliphatic carbocycles.